The van der Waals surface area contributed by atoms with E-state index >= 15 is 0 Å². The van der Waals surface area contributed by atoms with E-state index in [2.05, 4.69) is 325 Å². The number of hydrogen-bond acceptors (Lipinski definition) is 10. The number of rotatable bonds is 6. The fourth-order valence-corrected chi connectivity index (χ4v) is 16.4. The van der Waals surface area contributed by atoms with Crippen molar-refractivity contribution in [3.8, 4) is 5.69 Å². The van der Waals surface area contributed by atoms with Gasteiger partial charge in [0.05, 0.1) is 64.0 Å². The summed E-state index contributed by atoms with van der Waals surface area (Å²) in [5.74, 6) is 7.79. The maximum absolute atomic E-state index is 8.15. The second-order valence-electron chi connectivity index (χ2n) is 31.0. The number of nitrogens with zero attached hydrogens (tertiary/aromatic N) is 12. The van der Waals surface area contributed by atoms with Crippen molar-refractivity contribution in [1.29, 1.82) is 0 Å². The van der Waals surface area contributed by atoms with Gasteiger partial charge in [0.15, 0.2) is 0 Å². The van der Waals surface area contributed by atoms with E-state index in [-0.39, 0.29) is 25.3 Å². The smallest absolute Gasteiger partial charge is 0.409 e. The number of aryl methyl sites for hydroxylation is 7. The van der Waals surface area contributed by atoms with Gasteiger partial charge >= 0.3 is 20.5 Å². The second kappa shape index (κ2) is 30.6. The van der Waals surface area contributed by atoms with Crippen LogP contribution in [0.4, 0.5) is 23.1 Å². The van der Waals surface area contributed by atoms with Gasteiger partial charge in [-0.15, -0.1) is 0 Å². The van der Waals surface area contributed by atoms with Crippen molar-refractivity contribution in [3.63, 3.8) is 0 Å². The second-order valence-corrected chi connectivity index (χ2v) is 31.0. The summed E-state index contributed by atoms with van der Waals surface area (Å²) in [5, 5.41) is 6.15. The average Bonchev–Trinajstić information content (AvgIpc) is 1.56. The first kappa shape index (κ1) is 67.3. The van der Waals surface area contributed by atoms with E-state index in [0.29, 0.717) is 44.1 Å². The monoisotopic (exact) mass is 1440 g/mol. The predicted molar refractivity (Wildman–Crippen MR) is 460 cm³/mol. The lowest BCUT2D eigenvalue weighted by Crippen LogP contribution is -2.58. The van der Waals surface area contributed by atoms with Crippen LogP contribution < -0.4 is 70.6 Å². The zero-order valence-corrected chi connectivity index (χ0v) is 66.1. The number of aromatic nitrogens is 6. The Labute approximate surface area is 654 Å². The van der Waals surface area contributed by atoms with Crippen LogP contribution >= 0.6 is 0 Å². The average molecular weight is 1440 g/mol. The SMILES string of the molecule is CB1c2ccccc2C=CN1c1cc(C)cc[n+]1C.CB1c2ccccc2C=CN1c1ccc(C)c[n+]1C.CB1c2ccccc2C=CN1c1cccc[n+]1C.[2H]C([2H])([2H])C1(C)CC(C)(C)N(N2C=c3c(oc4nc(C)ccc34)=CB2C)C1C.[2H]C([2H])([2H])c1c(C)c(N2C=c3c(oc4nc(C)ccc34)=CB2C)cn1-c1ccccc1. The Hall–Kier alpha value is -11.0. The molecule has 6 aliphatic heterocycles. The summed E-state index contributed by atoms with van der Waals surface area (Å²) in [6.45, 7) is 26.0. The summed E-state index contributed by atoms with van der Waals surface area (Å²) in [6.07, 6.45) is 26.1. The van der Waals surface area contributed by atoms with E-state index < -0.39 is 19.1 Å². The Morgan fingerprint density at radius 3 is 1.55 bits per heavy atom. The molecule has 18 rings (SSSR count). The molecule has 0 spiro atoms. The molecule has 0 N–H and O–H groups in total. The topological polar surface area (TPSA) is 88.1 Å². The maximum atomic E-state index is 8.15. The molecule has 0 radical (unpaired) electrons. The molecule has 2 unspecified atom stereocenters. The summed E-state index contributed by atoms with van der Waals surface area (Å²) in [5.41, 5.74) is 17.1. The molecule has 1 fully saturated rings. The number of anilines is 4. The quantitative estimate of drug-likeness (QED) is 0.118. The van der Waals surface area contributed by atoms with Crippen LogP contribution in [0.15, 0.2) is 222 Å². The molecule has 1 saturated heterocycles. The molecular formula is C90H102B5N12O2+3. The summed E-state index contributed by atoms with van der Waals surface area (Å²) < 4.78 is 69.2. The molecule has 109 heavy (non-hydrogen) atoms. The first-order valence-corrected chi connectivity index (χ1v) is 38.1. The maximum Gasteiger partial charge on any atom is 0.409 e. The molecule has 0 amide bonds. The molecule has 2 atom stereocenters. The molecule has 19 heteroatoms. The molecule has 0 aliphatic carbocycles. The third kappa shape index (κ3) is 14.9. The lowest BCUT2D eigenvalue weighted by atomic mass is 9.54. The highest BCUT2D eigenvalue weighted by molar-refractivity contribution is 6.78. The van der Waals surface area contributed by atoms with Crippen LogP contribution in [0.3, 0.4) is 0 Å². The van der Waals surface area contributed by atoms with Crippen molar-refractivity contribution in [2.45, 2.75) is 128 Å². The van der Waals surface area contributed by atoms with Crippen molar-refractivity contribution in [1.82, 2.24) is 24.5 Å². The molecule has 14 heterocycles. The largest absolute Gasteiger partial charge is 0.439 e. The highest BCUT2D eigenvalue weighted by Crippen LogP contribution is 2.47. The Morgan fingerprint density at radius 1 is 0.514 bits per heavy atom. The number of pyridine rings is 5. The van der Waals surface area contributed by atoms with E-state index in [1.54, 1.807) is 4.57 Å². The van der Waals surface area contributed by atoms with Gasteiger partial charge in [-0.2, -0.15) is 0 Å². The van der Waals surface area contributed by atoms with Crippen molar-refractivity contribution < 1.29 is 30.8 Å². The van der Waals surface area contributed by atoms with Gasteiger partial charge in [0.2, 0.25) is 11.4 Å². The third-order valence-electron chi connectivity index (χ3n) is 22.4. The van der Waals surface area contributed by atoms with Gasteiger partial charge in [-0.3, -0.25) is 14.4 Å². The Bertz CT molecular complexity index is 6040. The fourth-order valence-electron chi connectivity index (χ4n) is 16.4. The highest BCUT2D eigenvalue weighted by atomic mass is 16.3. The Morgan fingerprint density at radius 2 is 1.02 bits per heavy atom. The van der Waals surface area contributed by atoms with Gasteiger partial charge in [0.1, 0.15) is 10.8 Å². The summed E-state index contributed by atoms with van der Waals surface area (Å²) in [6, 6.07) is 58.2. The van der Waals surface area contributed by atoms with Crippen LogP contribution in [0.5, 0.6) is 0 Å². The zero-order chi connectivity index (χ0) is 81.9. The van der Waals surface area contributed by atoms with Crippen LogP contribution in [0, 0.1) is 46.9 Å². The molecule has 8 aromatic heterocycles. The fraction of sp³-hybridized carbons (Fsp3) is 0.256. The van der Waals surface area contributed by atoms with Crippen LogP contribution in [0.2, 0.25) is 34.1 Å². The molecule has 14 nitrogen and oxygen atoms in total. The lowest BCUT2D eigenvalue weighted by Gasteiger charge is -2.46. The van der Waals surface area contributed by atoms with Gasteiger partial charge in [0, 0.05) is 101 Å². The molecule has 546 valence electrons. The lowest BCUT2D eigenvalue weighted by molar-refractivity contribution is -0.658. The summed E-state index contributed by atoms with van der Waals surface area (Å²) >= 11 is 0. The molecule has 12 aromatic rings. The minimum atomic E-state index is -2.24. The number of fused-ring (bicyclic) bond motifs is 9. The van der Waals surface area contributed by atoms with Gasteiger partial charge in [-0.05, 0) is 229 Å². The van der Waals surface area contributed by atoms with E-state index in [1.165, 1.54) is 61.7 Å². The normalized spacial score (nSPS) is 18.1. The van der Waals surface area contributed by atoms with E-state index in [4.69, 9.17) is 17.1 Å². The van der Waals surface area contributed by atoms with Crippen molar-refractivity contribution >= 4 is 139 Å². The Kier molecular flexibility index (Phi) is 18.9. The first-order chi connectivity index (χ1) is 54.7. The van der Waals surface area contributed by atoms with Gasteiger partial charge in [0.25, 0.3) is 31.1 Å². The van der Waals surface area contributed by atoms with Crippen LogP contribution in [-0.4, -0.2) is 70.3 Å². The summed E-state index contributed by atoms with van der Waals surface area (Å²) in [7, 11) is 6.27. The third-order valence-corrected chi connectivity index (χ3v) is 22.4. The molecular weight excluding hydrogens is 1340 g/mol. The molecule has 0 saturated carbocycles. The van der Waals surface area contributed by atoms with Gasteiger partial charge in [-0.1, -0.05) is 124 Å². The van der Waals surface area contributed by atoms with Gasteiger partial charge in [-0.25, -0.2) is 28.7 Å². The van der Waals surface area contributed by atoms with Gasteiger partial charge < -0.3 is 23.1 Å². The zero-order valence-electron chi connectivity index (χ0n) is 72.1. The minimum absolute atomic E-state index is 0.0102. The molecule has 0 bridgehead atoms. The van der Waals surface area contributed by atoms with Crippen LogP contribution in [-0.2, 0) is 21.1 Å². The highest BCUT2D eigenvalue weighted by Gasteiger charge is 2.52. The molecule has 4 aromatic carbocycles. The Balaban J connectivity index is 0.000000121. The van der Waals surface area contributed by atoms with E-state index in [0.717, 1.165) is 60.4 Å². The van der Waals surface area contributed by atoms with Crippen molar-refractivity contribution in [3.05, 3.63) is 285 Å². The number of para-hydroxylation sites is 1. The minimum Gasteiger partial charge on any atom is -0.439 e. The van der Waals surface area contributed by atoms with Crippen molar-refractivity contribution in [2.24, 2.45) is 26.6 Å². The first-order valence-electron chi connectivity index (χ1n) is 41.1. The van der Waals surface area contributed by atoms with Crippen LogP contribution in [0.1, 0.15) is 99.7 Å². The molecule has 6 aliphatic rings. The number of hydrogen-bond donors (Lipinski definition) is 0. The number of benzene rings is 4. The van der Waals surface area contributed by atoms with E-state index in [1.807, 2.05) is 102 Å². The standard InChI is InChI=1S/C23H22BN3O.C20H28BN3O.2C16H18BN2.C15H16BN2/c1-15-10-11-19-20-13-27(24(4)12-22(20)28-23(19)25-15)21-14-26(17(3)16(21)2)18-8-6-5-7-9-18;1-13-8-9-15-16-11-23(21(7)10-17(16)25-18(15)22-13)24-14(2)19(3,4)12-20(24,5)6;1-13-8-10-18(3)16(12-13)19-11-9-14-6-4-5-7-15(14)17(19)2;1-13-8-9-16(18(3)12-13)19-11-10-14-6-4-5-7-15(14)17(19)2;1-16-14-8-4-3-7-13(14)10-12-18(16)15-9-5-6-11-17(15)2/h5-14H,1-4H3;8-11,14H,12H2,1-7H3;2*4-12H,1-3H3;3-12H,1-2H3/q;;3*+1/i2*3D3;;;. The van der Waals surface area contributed by atoms with Crippen LogP contribution in [0.25, 0.3) is 70.5 Å². The van der Waals surface area contributed by atoms with Crippen molar-refractivity contribution in [2.75, 3.05) is 19.2 Å². The van der Waals surface area contributed by atoms with E-state index in [9.17, 15) is 0 Å². The number of furan rings is 2. The predicted octanol–water partition coefficient (Wildman–Crippen LogP) is 12.8. The summed E-state index contributed by atoms with van der Waals surface area (Å²) in [4.78, 5) is 20.3. The number of hydrazine groups is 1.